The summed E-state index contributed by atoms with van der Waals surface area (Å²) in [6, 6.07) is 0.751. The molecule has 0 aliphatic carbocycles. The molecule has 0 aliphatic heterocycles. The van der Waals surface area contributed by atoms with Crippen LogP contribution < -0.4 is 5.46 Å². The molecule has 2 heterocycles. The van der Waals surface area contributed by atoms with Crippen LogP contribution in [0.3, 0.4) is 0 Å². The highest BCUT2D eigenvalue weighted by Gasteiger charge is 2.33. The van der Waals surface area contributed by atoms with E-state index < -0.39 is 11.9 Å². The van der Waals surface area contributed by atoms with Gasteiger partial charge in [0.15, 0.2) is 5.65 Å². The summed E-state index contributed by atoms with van der Waals surface area (Å²) in [5.41, 5.74) is -0.346. The Bertz CT molecular complexity index is 522. The summed E-state index contributed by atoms with van der Waals surface area (Å²) in [5, 5.41) is 3.69. The summed E-state index contributed by atoms with van der Waals surface area (Å²) < 4.78 is 38.3. The number of hydrogen-bond acceptors (Lipinski definition) is 2. The summed E-state index contributed by atoms with van der Waals surface area (Å²) in [6.45, 7) is 0. The molecular weight excluding hydrogens is 229 g/mol. The van der Waals surface area contributed by atoms with Gasteiger partial charge >= 0.3 is 6.18 Å². The van der Waals surface area contributed by atoms with Crippen molar-refractivity contribution in [3.05, 3.63) is 23.1 Å². The quantitative estimate of drug-likeness (QED) is 0.494. The Morgan fingerprint density at radius 3 is 2.67 bits per heavy atom. The second kappa shape index (κ2) is 3.13. The Labute approximate surface area is 88.3 Å². The van der Waals surface area contributed by atoms with E-state index in [1.54, 1.807) is 7.85 Å². The molecule has 78 valence electrons. The monoisotopic (exact) mass is 233 g/mol. The van der Waals surface area contributed by atoms with Gasteiger partial charge < -0.3 is 0 Å². The van der Waals surface area contributed by atoms with Crippen molar-refractivity contribution in [2.75, 3.05) is 0 Å². The average molecular weight is 233 g/mol. The van der Waals surface area contributed by atoms with Crippen molar-refractivity contribution in [2.24, 2.45) is 0 Å². The summed E-state index contributed by atoms with van der Waals surface area (Å²) in [5.74, 6) is 0. The Morgan fingerprint density at radius 1 is 1.40 bits per heavy atom. The molecule has 2 aromatic heterocycles. The molecule has 0 atom stereocenters. The lowest BCUT2D eigenvalue weighted by molar-refractivity contribution is -0.141. The first kappa shape index (κ1) is 10.3. The van der Waals surface area contributed by atoms with Crippen molar-refractivity contribution in [1.29, 1.82) is 0 Å². The third kappa shape index (κ3) is 1.67. The lowest BCUT2D eigenvalue weighted by Gasteiger charge is -2.06. The maximum absolute atomic E-state index is 12.4. The molecule has 0 aliphatic rings. The topological polar surface area (TPSA) is 30.2 Å². The van der Waals surface area contributed by atoms with Gasteiger partial charge in [-0.05, 0) is 5.46 Å². The van der Waals surface area contributed by atoms with Gasteiger partial charge in [-0.15, -0.1) is 0 Å². The minimum absolute atomic E-state index is 0.111. The van der Waals surface area contributed by atoms with E-state index in [1.165, 1.54) is 6.20 Å². The second-order valence-corrected chi connectivity index (χ2v) is 3.41. The number of aromatic nitrogens is 3. The molecule has 0 aromatic carbocycles. The Morgan fingerprint density at radius 2 is 2.07 bits per heavy atom. The Balaban J connectivity index is 2.76. The van der Waals surface area contributed by atoms with Gasteiger partial charge in [-0.25, -0.2) is 9.50 Å². The largest absolute Gasteiger partial charge is 0.433 e. The van der Waals surface area contributed by atoms with Crippen molar-refractivity contribution in [3.8, 4) is 0 Å². The fourth-order valence-corrected chi connectivity index (χ4v) is 1.41. The molecule has 3 nitrogen and oxygen atoms in total. The molecule has 0 unspecified atom stereocenters. The first-order valence-electron chi connectivity index (χ1n) is 3.97. The maximum atomic E-state index is 12.4. The average Bonchev–Trinajstić information content (AvgIpc) is 2.47. The van der Waals surface area contributed by atoms with Crippen molar-refractivity contribution >= 4 is 30.6 Å². The number of fused-ring (bicyclic) bond motifs is 1. The highest BCUT2D eigenvalue weighted by Crippen LogP contribution is 2.29. The first-order valence-corrected chi connectivity index (χ1v) is 4.35. The minimum Gasteiger partial charge on any atom is -0.225 e. The van der Waals surface area contributed by atoms with Gasteiger partial charge in [-0.2, -0.15) is 18.3 Å². The standard InChI is InChI=1S/C7H4BClF3N3/c8-3-2-13-15-5(9)1-4(7(10,11)12)14-6(3)15/h1-2H,8H2. The molecular formula is C7H4BClF3N3. The second-order valence-electron chi connectivity index (χ2n) is 3.02. The highest BCUT2D eigenvalue weighted by atomic mass is 35.5. The number of rotatable bonds is 0. The van der Waals surface area contributed by atoms with E-state index in [0.29, 0.717) is 5.46 Å². The van der Waals surface area contributed by atoms with Crippen molar-refractivity contribution < 1.29 is 13.2 Å². The molecule has 0 amide bonds. The highest BCUT2D eigenvalue weighted by molar-refractivity contribution is 6.36. The third-order valence-electron chi connectivity index (χ3n) is 1.90. The van der Waals surface area contributed by atoms with Crippen LogP contribution in [0.2, 0.25) is 5.15 Å². The summed E-state index contributed by atoms with van der Waals surface area (Å²) >= 11 is 5.64. The zero-order chi connectivity index (χ0) is 11.2. The maximum Gasteiger partial charge on any atom is 0.433 e. The lowest BCUT2D eigenvalue weighted by atomic mass is 10.0. The van der Waals surface area contributed by atoms with Gasteiger partial charge in [0.2, 0.25) is 0 Å². The summed E-state index contributed by atoms with van der Waals surface area (Å²) in [4.78, 5) is 3.46. The van der Waals surface area contributed by atoms with Crippen LogP contribution in [0.15, 0.2) is 12.3 Å². The van der Waals surface area contributed by atoms with Crippen molar-refractivity contribution in [2.45, 2.75) is 6.18 Å². The molecule has 0 radical (unpaired) electrons. The number of alkyl halides is 3. The lowest BCUT2D eigenvalue weighted by Crippen LogP contribution is -2.12. The van der Waals surface area contributed by atoms with Crippen molar-refractivity contribution in [1.82, 2.24) is 14.6 Å². The smallest absolute Gasteiger partial charge is 0.225 e. The molecule has 2 rings (SSSR count). The van der Waals surface area contributed by atoms with Crippen molar-refractivity contribution in [3.63, 3.8) is 0 Å². The van der Waals surface area contributed by atoms with Crippen LogP contribution in [-0.2, 0) is 6.18 Å². The molecule has 0 bridgehead atoms. The van der Waals surface area contributed by atoms with E-state index in [0.717, 1.165) is 10.6 Å². The first-order chi connectivity index (χ1) is 6.89. The van der Waals surface area contributed by atoms with Gasteiger partial charge in [0.1, 0.15) is 18.7 Å². The van der Waals surface area contributed by atoms with E-state index in [-0.39, 0.29) is 10.8 Å². The number of hydrogen-bond donors (Lipinski definition) is 0. The zero-order valence-corrected chi connectivity index (χ0v) is 8.26. The van der Waals surface area contributed by atoms with Gasteiger partial charge in [-0.1, -0.05) is 11.6 Å². The van der Waals surface area contributed by atoms with Gasteiger partial charge in [0.25, 0.3) is 0 Å². The fraction of sp³-hybridized carbons (Fsp3) is 0.143. The molecule has 0 N–H and O–H groups in total. The van der Waals surface area contributed by atoms with Crippen LogP contribution in [0.25, 0.3) is 5.65 Å². The Kier molecular flexibility index (Phi) is 2.15. The van der Waals surface area contributed by atoms with E-state index >= 15 is 0 Å². The fourth-order valence-electron chi connectivity index (χ4n) is 1.18. The number of halogens is 4. The molecule has 15 heavy (non-hydrogen) atoms. The van der Waals surface area contributed by atoms with Crippen LogP contribution in [0.5, 0.6) is 0 Å². The van der Waals surface area contributed by atoms with E-state index in [4.69, 9.17) is 11.6 Å². The molecule has 8 heteroatoms. The summed E-state index contributed by atoms with van der Waals surface area (Å²) in [6.07, 6.45) is -3.09. The van der Waals surface area contributed by atoms with Gasteiger partial charge in [0.05, 0.1) is 0 Å². The van der Waals surface area contributed by atoms with Crippen LogP contribution in [-0.4, -0.2) is 22.4 Å². The molecule has 0 fully saturated rings. The van der Waals surface area contributed by atoms with Crippen LogP contribution in [0, 0.1) is 0 Å². The van der Waals surface area contributed by atoms with Crippen LogP contribution in [0.1, 0.15) is 5.69 Å². The predicted octanol–water partition coefficient (Wildman–Crippen LogP) is 0.660. The van der Waals surface area contributed by atoms with E-state index in [1.807, 2.05) is 0 Å². The van der Waals surface area contributed by atoms with Gasteiger partial charge in [-0.3, -0.25) is 0 Å². The molecule has 0 saturated carbocycles. The Hall–Kier alpha value is -1.24. The number of nitrogens with zero attached hydrogens (tertiary/aromatic N) is 3. The molecule has 2 aromatic rings. The predicted molar refractivity (Wildman–Crippen MR) is 51.2 cm³/mol. The third-order valence-corrected chi connectivity index (χ3v) is 2.16. The normalized spacial score (nSPS) is 12.3. The summed E-state index contributed by atoms with van der Waals surface area (Å²) in [7, 11) is 1.62. The van der Waals surface area contributed by atoms with Crippen LogP contribution in [0.4, 0.5) is 13.2 Å². The van der Waals surface area contributed by atoms with Crippen LogP contribution >= 0.6 is 11.6 Å². The minimum atomic E-state index is -4.50. The van der Waals surface area contributed by atoms with E-state index in [2.05, 4.69) is 10.1 Å². The van der Waals surface area contributed by atoms with E-state index in [9.17, 15) is 13.2 Å². The van der Waals surface area contributed by atoms with Gasteiger partial charge in [0, 0.05) is 12.3 Å². The zero-order valence-electron chi connectivity index (χ0n) is 7.51. The molecule has 0 saturated heterocycles. The SMILES string of the molecule is Bc1cnn2c(Cl)cc(C(F)(F)F)nc12. The molecule has 0 spiro atoms.